The van der Waals surface area contributed by atoms with Crippen molar-refractivity contribution in [1.29, 1.82) is 0 Å². The topological polar surface area (TPSA) is 75.3 Å². The van der Waals surface area contributed by atoms with Gasteiger partial charge in [0, 0.05) is 32.5 Å². The van der Waals surface area contributed by atoms with Crippen LogP contribution < -0.4 is 10.6 Å². The first kappa shape index (κ1) is 22.4. The number of nitrogens with zero attached hydrogens (tertiary/aromatic N) is 3. The van der Waals surface area contributed by atoms with E-state index in [9.17, 15) is 0 Å². The second-order valence-corrected chi connectivity index (χ2v) is 6.59. The van der Waals surface area contributed by atoms with Crippen molar-refractivity contribution in [2.75, 3.05) is 13.6 Å². The molecule has 0 aliphatic carbocycles. The molecule has 0 unspecified atom stereocenters. The van der Waals surface area contributed by atoms with Crippen LogP contribution in [0.25, 0.3) is 0 Å². The fourth-order valence-electron chi connectivity index (χ4n) is 2.49. The van der Waals surface area contributed by atoms with Gasteiger partial charge in [-0.3, -0.25) is 4.99 Å². The molecule has 26 heavy (non-hydrogen) atoms. The van der Waals surface area contributed by atoms with E-state index in [0.717, 1.165) is 37.7 Å². The average molecular weight is 471 g/mol. The Labute approximate surface area is 173 Å². The minimum atomic E-state index is 0. The van der Waals surface area contributed by atoms with Crippen molar-refractivity contribution in [1.82, 2.24) is 20.8 Å². The van der Waals surface area contributed by atoms with Gasteiger partial charge in [0.15, 0.2) is 11.8 Å². The van der Waals surface area contributed by atoms with Gasteiger partial charge in [-0.05, 0) is 31.4 Å². The molecule has 1 aromatic carbocycles. The SMILES string of the molecule is CN=C(NCCCc1nc(C(C)C)no1)NCc1ccc(C)cc1C.I. The molecule has 144 valence electrons. The molecule has 0 saturated carbocycles. The molecule has 0 saturated heterocycles. The Hall–Kier alpha value is -1.64. The Bertz CT molecular complexity index is 712. The molecule has 1 heterocycles. The molecule has 0 aliphatic heterocycles. The third-order valence-corrected chi connectivity index (χ3v) is 4.03. The zero-order valence-corrected chi connectivity index (χ0v) is 18.6. The van der Waals surface area contributed by atoms with E-state index in [1.807, 2.05) is 0 Å². The van der Waals surface area contributed by atoms with Crippen molar-refractivity contribution in [2.45, 2.75) is 53.0 Å². The Morgan fingerprint density at radius 3 is 2.62 bits per heavy atom. The van der Waals surface area contributed by atoms with Gasteiger partial charge in [0.25, 0.3) is 0 Å². The summed E-state index contributed by atoms with van der Waals surface area (Å²) in [5.41, 5.74) is 3.85. The van der Waals surface area contributed by atoms with Crippen molar-refractivity contribution in [3.05, 3.63) is 46.6 Å². The first-order valence-corrected chi connectivity index (χ1v) is 8.82. The van der Waals surface area contributed by atoms with Gasteiger partial charge >= 0.3 is 0 Å². The monoisotopic (exact) mass is 471 g/mol. The lowest BCUT2D eigenvalue weighted by Gasteiger charge is -2.13. The number of aryl methyl sites for hydroxylation is 3. The van der Waals surface area contributed by atoms with Crippen LogP contribution in [0.5, 0.6) is 0 Å². The lowest BCUT2D eigenvalue weighted by Crippen LogP contribution is -2.37. The van der Waals surface area contributed by atoms with Gasteiger partial charge in [-0.25, -0.2) is 0 Å². The van der Waals surface area contributed by atoms with E-state index < -0.39 is 0 Å². The largest absolute Gasteiger partial charge is 0.356 e. The quantitative estimate of drug-likeness (QED) is 0.279. The van der Waals surface area contributed by atoms with Crippen LogP contribution in [0.3, 0.4) is 0 Å². The molecule has 7 heteroatoms. The summed E-state index contributed by atoms with van der Waals surface area (Å²) in [5, 5.41) is 10.7. The van der Waals surface area contributed by atoms with Gasteiger partial charge in [0.1, 0.15) is 0 Å². The number of hydrogen-bond acceptors (Lipinski definition) is 4. The number of aromatic nitrogens is 2. The molecule has 0 bridgehead atoms. The summed E-state index contributed by atoms with van der Waals surface area (Å²) in [6, 6.07) is 6.49. The van der Waals surface area contributed by atoms with Gasteiger partial charge in [-0.15, -0.1) is 24.0 Å². The summed E-state index contributed by atoms with van der Waals surface area (Å²) < 4.78 is 5.25. The highest BCUT2D eigenvalue weighted by molar-refractivity contribution is 14.0. The molecule has 1 aromatic heterocycles. The molecule has 2 aromatic rings. The van der Waals surface area contributed by atoms with Gasteiger partial charge in [0.2, 0.25) is 5.89 Å². The first-order chi connectivity index (χ1) is 12.0. The lowest BCUT2D eigenvalue weighted by atomic mass is 10.1. The van der Waals surface area contributed by atoms with Crippen molar-refractivity contribution in [2.24, 2.45) is 4.99 Å². The number of halogens is 1. The molecule has 0 aliphatic rings. The summed E-state index contributed by atoms with van der Waals surface area (Å²) in [6.45, 7) is 9.91. The third kappa shape index (κ3) is 6.93. The van der Waals surface area contributed by atoms with Crippen LogP contribution in [0.15, 0.2) is 27.7 Å². The van der Waals surface area contributed by atoms with Gasteiger partial charge < -0.3 is 15.2 Å². The third-order valence-electron chi connectivity index (χ3n) is 4.03. The van der Waals surface area contributed by atoms with Crippen LogP contribution in [0, 0.1) is 13.8 Å². The minimum Gasteiger partial charge on any atom is -0.356 e. The highest BCUT2D eigenvalue weighted by atomic mass is 127. The molecule has 2 N–H and O–H groups in total. The summed E-state index contributed by atoms with van der Waals surface area (Å²) in [7, 11) is 1.78. The highest BCUT2D eigenvalue weighted by Crippen LogP contribution is 2.11. The molecule has 0 fully saturated rings. The maximum atomic E-state index is 5.25. The molecular formula is C19H30IN5O. The summed E-state index contributed by atoms with van der Waals surface area (Å²) >= 11 is 0. The summed E-state index contributed by atoms with van der Waals surface area (Å²) in [6.07, 6.45) is 1.67. The van der Waals surface area contributed by atoms with Crippen LogP contribution in [0.2, 0.25) is 0 Å². The molecule has 2 rings (SSSR count). The van der Waals surface area contributed by atoms with Crippen LogP contribution >= 0.6 is 24.0 Å². The molecule has 6 nitrogen and oxygen atoms in total. The Kier molecular flexibility index (Phi) is 9.61. The van der Waals surface area contributed by atoms with E-state index in [-0.39, 0.29) is 24.0 Å². The summed E-state index contributed by atoms with van der Waals surface area (Å²) in [5.74, 6) is 2.56. The zero-order valence-electron chi connectivity index (χ0n) is 16.3. The average Bonchev–Trinajstić information content (AvgIpc) is 3.05. The number of nitrogens with one attached hydrogen (secondary N) is 2. The Morgan fingerprint density at radius 1 is 1.23 bits per heavy atom. The molecule has 0 atom stereocenters. The van der Waals surface area contributed by atoms with Gasteiger partial charge in [-0.1, -0.05) is 42.8 Å². The van der Waals surface area contributed by atoms with E-state index in [0.29, 0.717) is 11.8 Å². The van der Waals surface area contributed by atoms with E-state index >= 15 is 0 Å². The number of benzene rings is 1. The second-order valence-electron chi connectivity index (χ2n) is 6.59. The predicted molar refractivity (Wildman–Crippen MR) is 116 cm³/mol. The molecule has 0 amide bonds. The van der Waals surface area contributed by atoms with Crippen LogP contribution in [0.4, 0.5) is 0 Å². The number of rotatable bonds is 7. The molecular weight excluding hydrogens is 441 g/mol. The Balaban J connectivity index is 0.00000338. The van der Waals surface area contributed by atoms with Crippen LogP contribution in [-0.2, 0) is 13.0 Å². The standard InChI is InChI=1S/C19H29N5O.HI/c1-13(2)18-23-17(25-24-18)7-6-10-21-19(20-5)22-12-16-9-8-14(3)11-15(16)4;/h8-9,11,13H,6-7,10,12H2,1-5H3,(H2,20,21,22);1H. The normalized spacial score (nSPS) is 11.4. The minimum absolute atomic E-state index is 0. The van der Waals surface area contributed by atoms with Crippen molar-refractivity contribution in [3.8, 4) is 0 Å². The number of hydrogen-bond donors (Lipinski definition) is 2. The predicted octanol–water partition coefficient (Wildman–Crippen LogP) is 3.73. The summed E-state index contributed by atoms with van der Waals surface area (Å²) in [4.78, 5) is 8.65. The Morgan fingerprint density at radius 2 is 2.00 bits per heavy atom. The zero-order chi connectivity index (χ0) is 18.2. The fraction of sp³-hybridized carbons (Fsp3) is 0.526. The first-order valence-electron chi connectivity index (χ1n) is 8.82. The van der Waals surface area contributed by atoms with Crippen LogP contribution in [0.1, 0.15) is 54.6 Å². The van der Waals surface area contributed by atoms with Gasteiger partial charge in [-0.2, -0.15) is 4.98 Å². The van der Waals surface area contributed by atoms with E-state index in [4.69, 9.17) is 4.52 Å². The maximum absolute atomic E-state index is 5.25. The number of aliphatic imine (C=N–C) groups is 1. The van der Waals surface area contributed by atoms with Crippen molar-refractivity contribution >= 4 is 29.9 Å². The van der Waals surface area contributed by atoms with Crippen molar-refractivity contribution < 1.29 is 4.52 Å². The van der Waals surface area contributed by atoms with Crippen LogP contribution in [-0.4, -0.2) is 29.7 Å². The highest BCUT2D eigenvalue weighted by Gasteiger charge is 2.09. The fourth-order valence-corrected chi connectivity index (χ4v) is 2.49. The second kappa shape index (κ2) is 11.2. The molecule has 0 radical (unpaired) electrons. The molecule has 0 spiro atoms. The van der Waals surface area contributed by atoms with Crippen molar-refractivity contribution in [3.63, 3.8) is 0 Å². The maximum Gasteiger partial charge on any atom is 0.226 e. The van der Waals surface area contributed by atoms with E-state index in [1.54, 1.807) is 7.05 Å². The lowest BCUT2D eigenvalue weighted by molar-refractivity contribution is 0.368. The van der Waals surface area contributed by atoms with E-state index in [1.165, 1.54) is 16.7 Å². The van der Waals surface area contributed by atoms with Gasteiger partial charge in [0.05, 0.1) is 0 Å². The smallest absolute Gasteiger partial charge is 0.226 e. The van der Waals surface area contributed by atoms with E-state index in [2.05, 4.69) is 71.7 Å². The number of guanidine groups is 1.